The Kier molecular flexibility index (Phi) is 8.72. The molecule has 2 N–H and O–H groups in total. The zero-order valence-corrected chi connectivity index (χ0v) is 16.2. The Balaban J connectivity index is 0.000000321. The van der Waals surface area contributed by atoms with Crippen molar-refractivity contribution in [3.05, 3.63) is 72.3 Å². The summed E-state index contributed by atoms with van der Waals surface area (Å²) >= 11 is 0. The Morgan fingerprint density at radius 1 is 1.00 bits per heavy atom. The number of carbonyl (C=O) groups is 2. The third kappa shape index (κ3) is 8.49. The van der Waals surface area contributed by atoms with Crippen LogP contribution in [-0.4, -0.2) is 53.4 Å². The summed E-state index contributed by atoms with van der Waals surface area (Å²) in [5.41, 5.74) is 1.36. The fourth-order valence-electron chi connectivity index (χ4n) is 2.87. The van der Waals surface area contributed by atoms with Crippen molar-refractivity contribution in [3.8, 4) is 11.5 Å². The minimum Gasteiger partial charge on any atom is -0.497 e. The lowest BCUT2D eigenvalue weighted by Crippen LogP contribution is -2.24. The second kappa shape index (κ2) is 11.5. The molecule has 0 saturated carbocycles. The molecule has 1 aliphatic heterocycles. The van der Waals surface area contributed by atoms with Crippen LogP contribution >= 0.6 is 0 Å². The number of methoxy groups -OCH3 is 1. The molecule has 1 unspecified atom stereocenters. The first-order valence-corrected chi connectivity index (χ1v) is 9.17. The van der Waals surface area contributed by atoms with Gasteiger partial charge in [-0.1, -0.05) is 30.3 Å². The molecule has 1 atom stereocenters. The van der Waals surface area contributed by atoms with Crippen molar-refractivity contribution in [2.45, 2.75) is 19.1 Å². The molecule has 1 fully saturated rings. The summed E-state index contributed by atoms with van der Waals surface area (Å²) in [7, 11) is 1.67. The first-order chi connectivity index (χ1) is 14.0. The molecule has 0 spiro atoms. The highest BCUT2D eigenvalue weighted by molar-refractivity contribution is 5.89. The number of rotatable bonds is 7. The van der Waals surface area contributed by atoms with E-state index in [4.69, 9.17) is 19.7 Å². The van der Waals surface area contributed by atoms with Crippen LogP contribution < -0.4 is 9.47 Å². The number of carboxylic acid groups (broad SMARTS) is 2. The normalized spacial score (nSPS) is 16.1. The monoisotopic (exact) mass is 399 g/mol. The van der Waals surface area contributed by atoms with Crippen molar-refractivity contribution >= 4 is 11.9 Å². The fourth-order valence-corrected chi connectivity index (χ4v) is 2.87. The van der Waals surface area contributed by atoms with E-state index in [1.807, 2.05) is 24.3 Å². The maximum atomic E-state index is 9.55. The Bertz CT molecular complexity index is 788. The molecule has 0 aromatic heterocycles. The number of aliphatic carboxylic acids is 2. The van der Waals surface area contributed by atoms with Gasteiger partial charge >= 0.3 is 11.9 Å². The van der Waals surface area contributed by atoms with E-state index in [1.54, 1.807) is 7.11 Å². The second-order valence-corrected chi connectivity index (χ2v) is 6.43. The highest BCUT2D eigenvalue weighted by Crippen LogP contribution is 2.22. The molecule has 1 heterocycles. The molecule has 0 radical (unpaired) electrons. The van der Waals surface area contributed by atoms with Crippen LogP contribution in [0.5, 0.6) is 11.5 Å². The van der Waals surface area contributed by atoms with Gasteiger partial charge in [0, 0.05) is 31.8 Å². The Labute approximate surface area is 169 Å². The number of carboxylic acids is 2. The highest BCUT2D eigenvalue weighted by atomic mass is 16.5. The number of likely N-dealkylation sites (tertiary alicyclic amines) is 1. The first-order valence-electron chi connectivity index (χ1n) is 9.17. The molecule has 2 aromatic carbocycles. The van der Waals surface area contributed by atoms with Crippen molar-refractivity contribution in [2.75, 3.05) is 20.2 Å². The molecular weight excluding hydrogens is 374 g/mol. The molecule has 29 heavy (non-hydrogen) atoms. The van der Waals surface area contributed by atoms with E-state index >= 15 is 0 Å². The van der Waals surface area contributed by atoms with Gasteiger partial charge in [-0.25, -0.2) is 9.59 Å². The molecular formula is C22H25NO6. The van der Waals surface area contributed by atoms with Gasteiger partial charge in [0.25, 0.3) is 0 Å². The van der Waals surface area contributed by atoms with E-state index in [0.717, 1.165) is 37.6 Å². The van der Waals surface area contributed by atoms with E-state index < -0.39 is 11.9 Å². The van der Waals surface area contributed by atoms with Gasteiger partial charge < -0.3 is 19.7 Å². The SMILES string of the molecule is COc1ccc(OC2CCN(Cc3ccccc3)C2)cc1.O=C(O)C=CC(=O)O. The van der Waals surface area contributed by atoms with Gasteiger partial charge in [0.1, 0.15) is 17.6 Å². The maximum Gasteiger partial charge on any atom is 0.328 e. The third-order valence-corrected chi connectivity index (χ3v) is 4.21. The standard InChI is InChI=1S/C18H21NO2.C4H4O4/c1-20-16-7-9-17(10-8-16)21-18-11-12-19(14-18)13-15-5-3-2-4-6-15;5-3(6)1-2-4(7)8/h2-10,18H,11-14H2,1H3;1-2H,(H,5,6)(H,7,8). The predicted octanol–water partition coefficient (Wildman–Crippen LogP) is 3.06. The lowest BCUT2D eigenvalue weighted by Gasteiger charge is -2.17. The van der Waals surface area contributed by atoms with Crippen LogP contribution in [0, 0.1) is 0 Å². The van der Waals surface area contributed by atoms with Crippen LogP contribution in [0.3, 0.4) is 0 Å². The largest absolute Gasteiger partial charge is 0.497 e. The second-order valence-electron chi connectivity index (χ2n) is 6.43. The minimum atomic E-state index is -1.26. The van der Waals surface area contributed by atoms with Crippen molar-refractivity contribution in [2.24, 2.45) is 0 Å². The van der Waals surface area contributed by atoms with Crippen LogP contribution in [0.2, 0.25) is 0 Å². The van der Waals surface area contributed by atoms with E-state index in [0.29, 0.717) is 12.2 Å². The number of ether oxygens (including phenoxy) is 2. The van der Waals surface area contributed by atoms with Crippen LogP contribution in [0.4, 0.5) is 0 Å². The topological polar surface area (TPSA) is 96.3 Å². The summed E-state index contributed by atoms with van der Waals surface area (Å²) in [6.07, 6.45) is 2.48. The molecule has 7 heteroatoms. The van der Waals surface area contributed by atoms with Crippen LogP contribution in [0.15, 0.2) is 66.7 Å². The quantitative estimate of drug-likeness (QED) is 0.691. The first kappa shape index (κ1) is 22.0. The number of hydrogen-bond donors (Lipinski definition) is 2. The van der Waals surface area contributed by atoms with Crippen LogP contribution in [-0.2, 0) is 16.1 Å². The summed E-state index contributed by atoms with van der Waals surface area (Å²) in [5, 5.41) is 15.6. The lowest BCUT2D eigenvalue weighted by molar-refractivity contribution is -0.134. The van der Waals surface area contributed by atoms with Crippen molar-refractivity contribution in [1.29, 1.82) is 0 Å². The lowest BCUT2D eigenvalue weighted by atomic mass is 10.2. The average molecular weight is 399 g/mol. The summed E-state index contributed by atoms with van der Waals surface area (Å²) < 4.78 is 11.2. The van der Waals surface area contributed by atoms with Gasteiger partial charge in [-0.2, -0.15) is 0 Å². The van der Waals surface area contributed by atoms with E-state index in [2.05, 4.69) is 35.2 Å². The number of benzene rings is 2. The van der Waals surface area contributed by atoms with E-state index in [9.17, 15) is 9.59 Å². The molecule has 0 bridgehead atoms. The molecule has 3 rings (SSSR count). The molecule has 1 saturated heterocycles. The van der Waals surface area contributed by atoms with Crippen molar-refractivity contribution in [3.63, 3.8) is 0 Å². The highest BCUT2D eigenvalue weighted by Gasteiger charge is 2.23. The van der Waals surface area contributed by atoms with Crippen LogP contribution in [0.25, 0.3) is 0 Å². The number of nitrogens with zero attached hydrogens (tertiary/aromatic N) is 1. The minimum absolute atomic E-state index is 0.280. The predicted molar refractivity (Wildman–Crippen MR) is 108 cm³/mol. The van der Waals surface area contributed by atoms with Gasteiger partial charge in [0.05, 0.1) is 7.11 Å². The Hall–Kier alpha value is -3.32. The summed E-state index contributed by atoms with van der Waals surface area (Å²) in [4.78, 5) is 21.6. The van der Waals surface area contributed by atoms with Gasteiger partial charge in [-0.15, -0.1) is 0 Å². The summed E-state index contributed by atoms with van der Waals surface area (Å²) in [6, 6.07) is 18.4. The molecule has 0 aliphatic carbocycles. The molecule has 154 valence electrons. The molecule has 1 aliphatic rings. The molecule has 0 amide bonds. The smallest absolute Gasteiger partial charge is 0.328 e. The Morgan fingerprint density at radius 2 is 1.59 bits per heavy atom. The average Bonchev–Trinajstić information content (AvgIpc) is 3.15. The van der Waals surface area contributed by atoms with E-state index in [1.165, 1.54) is 5.56 Å². The zero-order valence-electron chi connectivity index (χ0n) is 16.2. The van der Waals surface area contributed by atoms with Gasteiger partial charge in [-0.3, -0.25) is 4.90 Å². The Morgan fingerprint density at radius 3 is 2.14 bits per heavy atom. The van der Waals surface area contributed by atoms with Crippen molar-refractivity contribution < 1.29 is 29.3 Å². The fraction of sp³-hybridized carbons (Fsp3) is 0.273. The van der Waals surface area contributed by atoms with Gasteiger partial charge in [0.15, 0.2) is 0 Å². The number of hydrogen-bond acceptors (Lipinski definition) is 5. The third-order valence-electron chi connectivity index (χ3n) is 4.21. The zero-order chi connectivity index (χ0) is 21.1. The van der Waals surface area contributed by atoms with E-state index in [-0.39, 0.29) is 6.10 Å². The maximum absolute atomic E-state index is 9.55. The van der Waals surface area contributed by atoms with Crippen molar-refractivity contribution in [1.82, 2.24) is 4.90 Å². The molecule has 7 nitrogen and oxygen atoms in total. The van der Waals surface area contributed by atoms with Gasteiger partial charge in [0.2, 0.25) is 0 Å². The molecule has 2 aromatic rings. The summed E-state index contributed by atoms with van der Waals surface area (Å²) in [5.74, 6) is -0.735. The van der Waals surface area contributed by atoms with Gasteiger partial charge in [-0.05, 0) is 36.2 Å². The van der Waals surface area contributed by atoms with Crippen LogP contribution in [0.1, 0.15) is 12.0 Å². The summed E-state index contributed by atoms with van der Waals surface area (Å²) in [6.45, 7) is 3.08.